The van der Waals surface area contributed by atoms with Crippen molar-refractivity contribution in [1.82, 2.24) is 9.78 Å². The Morgan fingerprint density at radius 3 is 2.47 bits per heavy atom. The molecule has 3 nitrogen and oxygen atoms in total. The lowest BCUT2D eigenvalue weighted by atomic mass is 10.00. The molecule has 0 saturated carbocycles. The third kappa shape index (κ3) is 2.13. The van der Waals surface area contributed by atoms with Gasteiger partial charge in [-0.05, 0) is 38.5 Å². The minimum Gasteiger partial charge on any atom is -0.287 e. The Labute approximate surface area is 101 Å². The Kier molecular flexibility index (Phi) is 2.84. The summed E-state index contributed by atoms with van der Waals surface area (Å²) in [6.07, 6.45) is 0. The summed E-state index contributed by atoms with van der Waals surface area (Å²) < 4.78 is 1.64. The standard InChI is InChI=1S/C14H16N2O/c1-9-5-6-10(2)12(7-9)14(17)13-8-11(3)15-16(13)4/h5-8H,1-4H3. The summed E-state index contributed by atoms with van der Waals surface area (Å²) in [6.45, 7) is 5.83. The predicted molar refractivity (Wildman–Crippen MR) is 67.3 cm³/mol. The molecular formula is C14H16N2O. The van der Waals surface area contributed by atoms with E-state index in [1.807, 2.05) is 45.0 Å². The molecule has 88 valence electrons. The number of ketones is 1. The first-order chi connectivity index (χ1) is 7.99. The van der Waals surface area contributed by atoms with Gasteiger partial charge in [-0.2, -0.15) is 5.10 Å². The zero-order valence-electron chi connectivity index (χ0n) is 10.6. The topological polar surface area (TPSA) is 34.9 Å². The lowest BCUT2D eigenvalue weighted by Crippen LogP contribution is -2.09. The van der Waals surface area contributed by atoms with Gasteiger partial charge in [0, 0.05) is 12.6 Å². The third-order valence-corrected chi connectivity index (χ3v) is 2.87. The average molecular weight is 228 g/mol. The number of aryl methyl sites for hydroxylation is 4. The maximum Gasteiger partial charge on any atom is 0.211 e. The van der Waals surface area contributed by atoms with E-state index in [0.29, 0.717) is 5.69 Å². The Bertz CT molecular complexity index is 582. The summed E-state index contributed by atoms with van der Waals surface area (Å²) in [4.78, 5) is 12.4. The van der Waals surface area contributed by atoms with Crippen LogP contribution in [0.25, 0.3) is 0 Å². The van der Waals surface area contributed by atoms with E-state index in [-0.39, 0.29) is 5.78 Å². The highest BCUT2D eigenvalue weighted by Crippen LogP contribution is 2.16. The predicted octanol–water partition coefficient (Wildman–Crippen LogP) is 2.58. The number of benzene rings is 1. The Morgan fingerprint density at radius 2 is 1.88 bits per heavy atom. The first-order valence-electron chi connectivity index (χ1n) is 5.61. The Balaban J connectivity index is 2.50. The fraction of sp³-hybridized carbons (Fsp3) is 0.286. The monoisotopic (exact) mass is 228 g/mol. The van der Waals surface area contributed by atoms with Gasteiger partial charge in [-0.3, -0.25) is 9.48 Å². The number of rotatable bonds is 2. The highest BCUT2D eigenvalue weighted by molar-refractivity contribution is 6.09. The molecule has 1 aromatic heterocycles. The Hall–Kier alpha value is -1.90. The summed E-state index contributed by atoms with van der Waals surface area (Å²) in [5.74, 6) is 0.0364. The molecule has 0 aliphatic heterocycles. The highest BCUT2D eigenvalue weighted by Gasteiger charge is 2.16. The van der Waals surface area contributed by atoms with E-state index in [9.17, 15) is 4.79 Å². The molecule has 0 fully saturated rings. The zero-order chi connectivity index (χ0) is 12.6. The van der Waals surface area contributed by atoms with Gasteiger partial charge in [0.2, 0.25) is 5.78 Å². The van der Waals surface area contributed by atoms with Crippen molar-refractivity contribution in [3.8, 4) is 0 Å². The summed E-state index contributed by atoms with van der Waals surface area (Å²) in [5.41, 5.74) is 4.35. The van der Waals surface area contributed by atoms with Crippen LogP contribution >= 0.6 is 0 Å². The molecule has 0 bridgehead atoms. The number of hydrogen-bond acceptors (Lipinski definition) is 2. The quantitative estimate of drug-likeness (QED) is 0.740. The summed E-state index contributed by atoms with van der Waals surface area (Å²) >= 11 is 0. The fourth-order valence-corrected chi connectivity index (χ4v) is 1.94. The average Bonchev–Trinajstić information content (AvgIpc) is 2.60. The van der Waals surface area contributed by atoms with E-state index in [4.69, 9.17) is 0 Å². The van der Waals surface area contributed by atoms with Gasteiger partial charge in [0.05, 0.1) is 5.69 Å². The molecule has 1 aromatic carbocycles. The van der Waals surface area contributed by atoms with Crippen LogP contribution < -0.4 is 0 Å². The molecule has 17 heavy (non-hydrogen) atoms. The number of carbonyl (C=O) groups is 1. The molecule has 0 amide bonds. The fourth-order valence-electron chi connectivity index (χ4n) is 1.94. The molecule has 0 saturated heterocycles. The van der Waals surface area contributed by atoms with Crippen molar-refractivity contribution < 1.29 is 4.79 Å². The molecule has 0 atom stereocenters. The van der Waals surface area contributed by atoms with Gasteiger partial charge in [-0.1, -0.05) is 17.7 Å². The smallest absolute Gasteiger partial charge is 0.211 e. The molecule has 0 aliphatic rings. The second-order valence-corrected chi connectivity index (χ2v) is 4.44. The van der Waals surface area contributed by atoms with Gasteiger partial charge in [-0.25, -0.2) is 0 Å². The second-order valence-electron chi connectivity index (χ2n) is 4.44. The minimum atomic E-state index is 0.0364. The normalized spacial score (nSPS) is 10.6. The SMILES string of the molecule is Cc1ccc(C)c(C(=O)c2cc(C)nn2C)c1. The van der Waals surface area contributed by atoms with Crippen molar-refractivity contribution in [2.24, 2.45) is 7.05 Å². The maximum atomic E-state index is 12.4. The number of nitrogens with zero attached hydrogens (tertiary/aromatic N) is 2. The van der Waals surface area contributed by atoms with Crippen molar-refractivity contribution in [2.75, 3.05) is 0 Å². The van der Waals surface area contributed by atoms with Crippen LogP contribution in [0, 0.1) is 20.8 Å². The lowest BCUT2D eigenvalue weighted by Gasteiger charge is -2.06. The lowest BCUT2D eigenvalue weighted by molar-refractivity contribution is 0.102. The van der Waals surface area contributed by atoms with Crippen LogP contribution in [-0.4, -0.2) is 15.6 Å². The molecule has 0 unspecified atom stereocenters. The van der Waals surface area contributed by atoms with Crippen LogP contribution in [0.2, 0.25) is 0 Å². The Morgan fingerprint density at radius 1 is 1.18 bits per heavy atom. The largest absolute Gasteiger partial charge is 0.287 e. The number of aromatic nitrogens is 2. The van der Waals surface area contributed by atoms with Crippen LogP contribution in [0.1, 0.15) is 32.9 Å². The molecule has 3 heteroatoms. The molecule has 0 N–H and O–H groups in total. The van der Waals surface area contributed by atoms with Crippen LogP contribution in [-0.2, 0) is 7.05 Å². The third-order valence-electron chi connectivity index (χ3n) is 2.87. The van der Waals surface area contributed by atoms with Gasteiger partial charge in [0.15, 0.2) is 0 Å². The van der Waals surface area contributed by atoms with Crippen LogP contribution in [0.5, 0.6) is 0 Å². The summed E-state index contributed by atoms with van der Waals surface area (Å²) in [6, 6.07) is 7.75. The summed E-state index contributed by atoms with van der Waals surface area (Å²) in [7, 11) is 1.80. The first-order valence-corrected chi connectivity index (χ1v) is 5.61. The van der Waals surface area contributed by atoms with Gasteiger partial charge < -0.3 is 0 Å². The van der Waals surface area contributed by atoms with Gasteiger partial charge in [0.25, 0.3) is 0 Å². The van der Waals surface area contributed by atoms with E-state index < -0.39 is 0 Å². The molecule has 2 rings (SSSR count). The van der Waals surface area contributed by atoms with Crippen molar-refractivity contribution in [1.29, 1.82) is 0 Å². The van der Waals surface area contributed by atoms with Gasteiger partial charge in [-0.15, -0.1) is 0 Å². The van der Waals surface area contributed by atoms with Gasteiger partial charge in [0.1, 0.15) is 5.69 Å². The van der Waals surface area contributed by atoms with E-state index in [1.54, 1.807) is 11.7 Å². The van der Waals surface area contributed by atoms with Crippen molar-refractivity contribution in [3.05, 3.63) is 52.3 Å². The van der Waals surface area contributed by atoms with E-state index in [2.05, 4.69) is 5.10 Å². The number of hydrogen-bond donors (Lipinski definition) is 0. The maximum absolute atomic E-state index is 12.4. The minimum absolute atomic E-state index is 0.0364. The van der Waals surface area contributed by atoms with Gasteiger partial charge >= 0.3 is 0 Å². The second kappa shape index (κ2) is 4.17. The van der Waals surface area contributed by atoms with Crippen molar-refractivity contribution in [3.63, 3.8) is 0 Å². The van der Waals surface area contributed by atoms with E-state index in [0.717, 1.165) is 22.4 Å². The van der Waals surface area contributed by atoms with Crippen LogP contribution in [0.15, 0.2) is 24.3 Å². The summed E-state index contributed by atoms with van der Waals surface area (Å²) in [5, 5.41) is 4.21. The molecule has 0 spiro atoms. The van der Waals surface area contributed by atoms with Crippen LogP contribution in [0.3, 0.4) is 0 Å². The highest BCUT2D eigenvalue weighted by atomic mass is 16.1. The molecule has 0 aliphatic carbocycles. The molecular weight excluding hydrogens is 212 g/mol. The zero-order valence-corrected chi connectivity index (χ0v) is 10.6. The molecule has 0 radical (unpaired) electrons. The van der Waals surface area contributed by atoms with Crippen molar-refractivity contribution in [2.45, 2.75) is 20.8 Å². The van der Waals surface area contributed by atoms with Crippen LogP contribution in [0.4, 0.5) is 0 Å². The molecule has 2 aromatic rings. The van der Waals surface area contributed by atoms with Crippen molar-refractivity contribution >= 4 is 5.78 Å². The van der Waals surface area contributed by atoms with E-state index in [1.165, 1.54) is 0 Å². The number of carbonyl (C=O) groups excluding carboxylic acids is 1. The first kappa shape index (κ1) is 11.6. The molecule has 1 heterocycles. The van der Waals surface area contributed by atoms with E-state index >= 15 is 0 Å².